The molecule has 0 aromatic carbocycles. The van der Waals surface area contributed by atoms with Gasteiger partial charge in [0.2, 0.25) is 11.8 Å². The van der Waals surface area contributed by atoms with Gasteiger partial charge in [-0.2, -0.15) is 0 Å². The summed E-state index contributed by atoms with van der Waals surface area (Å²) in [5, 5.41) is 3.02. The lowest BCUT2D eigenvalue weighted by molar-refractivity contribution is -0.155. The second-order valence-corrected chi connectivity index (χ2v) is 5.65. The van der Waals surface area contributed by atoms with E-state index in [-0.39, 0.29) is 17.9 Å². The number of amides is 2. The van der Waals surface area contributed by atoms with Gasteiger partial charge in [0.15, 0.2) is 0 Å². The van der Waals surface area contributed by atoms with Crippen molar-refractivity contribution in [2.75, 3.05) is 0 Å². The Morgan fingerprint density at radius 2 is 1.94 bits per heavy atom. The Kier molecular flexibility index (Phi) is 2.42. The van der Waals surface area contributed by atoms with E-state index in [0.717, 1.165) is 44.9 Å². The van der Waals surface area contributed by atoms with Gasteiger partial charge < -0.3 is 10.2 Å². The van der Waals surface area contributed by atoms with Crippen molar-refractivity contribution in [1.82, 2.24) is 10.2 Å². The summed E-state index contributed by atoms with van der Waals surface area (Å²) in [5.74, 6) is 0.268. The molecule has 1 saturated heterocycles. The third kappa shape index (κ3) is 1.57. The highest BCUT2D eigenvalue weighted by Gasteiger charge is 2.54. The van der Waals surface area contributed by atoms with Gasteiger partial charge in [-0.15, -0.1) is 0 Å². The lowest BCUT2D eigenvalue weighted by Crippen LogP contribution is -2.69. The Labute approximate surface area is 102 Å². The molecule has 1 atom stereocenters. The minimum Gasteiger partial charge on any atom is -0.340 e. The molecule has 3 fully saturated rings. The van der Waals surface area contributed by atoms with E-state index in [1.54, 1.807) is 0 Å². The summed E-state index contributed by atoms with van der Waals surface area (Å²) in [6.45, 7) is 1.99. The second kappa shape index (κ2) is 3.72. The smallest absolute Gasteiger partial charge is 0.249 e. The van der Waals surface area contributed by atoms with Gasteiger partial charge in [-0.3, -0.25) is 9.59 Å². The van der Waals surface area contributed by atoms with Gasteiger partial charge in [0.1, 0.15) is 11.6 Å². The van der Waals surface area contributed by atoms with Crippen LogP contribution in [0.5, 0.6) is 0 Å². The van der Waals surface area contributed by atoms with Gasteiger partial charge in [0.25, 0.3) is 0 Å². The fraction of sp³-hybridized carbons (Fsp3) is 0.846. The maximum absolute atomic E-state index is 12.7. The van der Waals surface area contributed by atoms with Crippen LogP contribution in [0.25, 0.3) is 0 Å². The van der Waals surface area contributed by atoms with Crippen LogP contribution in [0.1, 0.15) is 51.9 Å². The normalized spacial score (nSPS) is 32.1. The largest absolute Gasteiger partial charge is 0.340 e. The van der Waals surface area contributed by atoms with Crippen molar-refractivity contribution in [3.05, 3.63) is 0 Å². The van der Waals surface area contributed by atoms with Crippen LogP contribution in [0.2, 0.25) is 0 Å². The maximum atomic E-state index is 12.7. The van der Waals surface area contributed by atoms with Gasteiger partial charge in [-0.1, -0.05) is 19.8 Å². The highest BCUT2D eigenvalue weighted by molar-refractivity contribution is 6.00. The van der Waals surface area contributed by atoms with Crippen LogP contribution in [0.3, 0.4) is 0 Å². The summed E-state index contributed by atoms with van der Waals surface area (Å²) in [4.78, 5) is 26.7. The van der Waals surface area contributed by atoms with E-state index < -0.39 is 5.54 Å². The average Bonchev–Trinajstić information content (AvgIpc) is 3.04. The number of carbonyl (C=O) groups is 2. The Morgan fingerprint density at radius 3 is 2.47 bits per heavy atom. The molecule has 1 heterocycles. The highest BCUT2D eigenvalue weighted by Crippen LogP contribution is 2.39. The second-order valence-electron chi connectivity index (χ2n) is 5.65. The van der Waals surface area contributed by atoms with Crippen molar-refractivity contribution in [3.8, 4) is 0 Å². The first kappa shape index (κ1) is 11.1. The summed E-state index contributed by atoms with van der Waals surface area (Å²) < 4.78 is 0. The Bertz CT molecular complexity index is 356. The monoisotopic (exact) mass is 236 g/mol. The first-order valence-electron chi connectivity index (χ1n) is 6.83. The third-order valence-electron chi connectivity index (χ3n) is 4.43. The molecule has 1 aliphatic heterocycles. The predicted octanol–water partition coefficient (Wildman–Crippen LogP) is 1.20. The highest BCUT2D eigenvalue weighted by atomic mass is 16.2. The number of hydrogen-bond acceptors (Lipinski definition) is 2. The van der Waals surface area contributed by atoms with Gasteiger partial charge in [0, 0.05) is 6.04 Å². The van der Waals surface area contributed by atoms with Crippen LogP contribution < -0.4 is 5.32 Å². The van der Waals surface area contributed by atoms with E-state index >= 15 is 0 Å². The van der Waals surface area contributed by atoms with Crippen molar-refractivity contribution in [3.63, 3.8) is 0 Å². The molecule has 3 rings (SSSR count). The van der Waals surface area contributed by atoms with Crippen LogP contribution >= 0.6 is 0 Å². The Morgan fingerprint density at radius 1 is 1.29 bits per heavy atom. The summed E-state index contributed by atoms with van der Waals surface area (Å²) in [6, 6.07) is 0.122. The Balaban J connectivity index is 1.92. The molecule has 2 aliphatic carbocycles. The van der Waals surface area contributed by atoms with E-state index in [1.807, 2.05) is 11.8 Å². The number of rotatable bonds is 2. The number of hydrogen-bond donors (Lipinski definition) is 1. The molecule has 0 bridgehead atoms. The molecular weight excluding hydrogens is 216 g/mol. The minimum atomic E-state index is -0.536. The van der Waals surface area contributed by atoms with E-state index in [0.29, 0.717) is 6.04 Å². The molecule has 1 N–H and O–H groups in total. The SMILES string of the molecule is CCC1C(=O)NC2(CCCC2)C(=O)N1C1CC1. The van der Waals surface area contributed by atoms with Gasteiger partial charge in [-0.25, -0.2) is 0 Å². The predicted molar refractivity (Wildman–Crippen MR) is 63.3 cm³/mol. The average molecular weight is 236 g/mol. The fourth-order valence-electron chi connectivity index (χ4n) is 3.36. The molecule has 1 unspecified atom stereocenters. The fourth-order valence-corrected chi connectivity index (χ4v) is 3.36. The van der Waals surface area contributed by atoms with Gasteiger partial charge in [-0.05, 0) is 32.1 Å². The first-order chi connectivity index (χ1) is 8.18. The summed E-state index contributed by atoms with van der Waals surface area (Å²) in [6.07, 6.45) is 6.65. The zero-order valence-corrected chi connectivity index (χ0v) is 10.4. The molecule has 0 aromatic heterocycles. The summed E-state index contributed by atoms with van der Waals surface area (Å²) in [7, 11) is 0. The molecule has 3 aliphatic rings. The van der Waals surface area contributed by atoms with Crippen molar-refractivity contribution in [2.24, 2.45) is 0 Å². The van der Waals surface area contributed by atoms with Gasteiger partial charge in [0.05, 0.1) is 0 Å². The number of piperazine rings is 1. The van der Waals surface area contributed by atoms with Crippen molar-refractivity contribution in [2.45, 2.75) is 69.5 Å². The molecule has 4 heteroatoms. The summed E-state index contributed by atoms with van der Waals surface area (Å²) >= 11 is 0. The first-order valence-corrected chi connectivity index (χ1v) is 6.83. The van der Waals surface area contributed by atoms with Crippen LogP contribution in [-0.4, -0.2) is 34.3 Å². The van der Waals surface area contributed by atoms with E-state index in [1.165, 1.54) is 0 Å². The van der Waals surface area contributed by atoms with Crippen LogP contribution in [0, 0.1) is 0 Å². The number of carbonyl (C=O) groups excluding carboxylic acids is 2. The maximum Gasteiger partial charge on any atom is 0.249 e. The molecule has 1 spiro atoms. The van der Waals surface area contributed by atoms with Crippen molar-refractivity contribution in [1.29, 1.82) is 0 Å². The molecule has 2 amide bonds. The summed E-state index contributed by atoms with van der Waals surface area (Å²) in [5.41, 5.74) is -0.536. The standard InChI is InChI=1S/C13H20N2O2/c1-2-10-11(16)14-13(7-3-4-8-13)12(17)15(10)9-5-6-9/h9-10H,2-8H2,1H3,(H,14,16). The lowest BCUT2D eigenvalue weighted by atomic mass is 9.90. The molecule has 0 radical (unpaired) electrons. The third-order valence-corrected chi connectivity index (χ3v) is 4.43. The van der Waals surface area contributed by atoms with Gasteiger partial charge >= 0.3 is 0 Å². The van der Waals surface area contributed by atoms with Crippen LogP contribution in [0.4, 0.5) is 0 Å². The molecule has 4 nitrogen and oxygen atoms in total. The van der Waals surface area contributed by atoms with E-state index in [2.05, 4.69) is 5.32 Å². The molecule has 17 heavy (non-hydrogen) atoms. The zero-order chi connectivity index (χ0) is 12.0. The topological polar surface area (TPSA) is 49.4 Å². The zero-order valence-electron chi connectivity index (χ0n) is 10.4. The lowest BCUT2D eigenvalue weighted by Gasteiger charge is -2.44. The molecule has 0 aromatic rings. The van der Waals surface area contributed by atoms with Crippen molar-refractivity contribution >= 4 is 11.8 Å². The van der Waals surface area contributed by atoms with Crippen LogP contribution in [-0.2, 0) is 9.59 Å². The van der Waals surface area contributed by atoms with E-state index in [4.69, 9.17) is 0 Å². The van der Waals surface area contributed by atoms with Crippen LogP contribution in [0.15, 0.2) is 0 Å². The Hall–Kier alpha value is -1.06. The van der Waals surface area contributed by atoms with Crippen molar-refractivity contribution < 1.29 is 9.59 Å². The quantitative estimate of drug-likeness (QED) is 0.783. The molecule has 2 saturated carbocycles. The number of nitrogens with one attached hydrogen (secondary N) is 1. The molecule has 94 valence electrons. The number of nitrogens with zero attached hydrogens (tertiary/aromatic N) is 1. The van der Waals surface area contributed by atoms with E-state index in [9.17, 15) is 9.59 Å². The minimum absolute atomic E-state index is 0.0703. The molecular formula is C13H20N2O2.